The molecule has 3 heteroatoms. The molecule has 1 amide bonds. The Morgan fingerprint density at radius 1 is 1.40 bits per heavy atom. The van der Waals surface area contributed by atoms with Gasteiger partial charge in [0.25, 0.3) is 0 Å². The van der Waals surface area contributed by atoms with Crippen molar-refractivity contribution in [3.8, 4) is 0 Å². The van der Waals surface area contributed by atoms with Crippen LogP contribution in [-0.4, -0.2) is 23.2 Å². The monoisotopic (exact) mass is 215 g/mol. The number of amides is 1. The quantitative estimate of drug-likeness (QED) is 0.711. The Hall–Kier alpha value is -0.570. The van der Waals surface area contributed by atoms with Crippen molar-refractivity contribution in [2.45, 2.75) is 53.1 Å². The van der Waals surface area contributed by atoms with Crippen LogP contribution in [0.3, 0.4) is 0 Å². The van der Waals surface area contributed by atoms with Gasteiger partial charge in [-0.25, -0.2) is 0 Å². The van der Waals surface area contributed by atoms with Crippen molar-refractivity contribution in [1.82, 2.24) is 5.32 Å². The summed E-state index contributed by atoms with van der Waals surface area (Å²) in [4.78, 5) is 11.8. The fourth-order valence-corrected chi connectivity index (χ4v) is 1.51. The average molecular weight is 215 g/mol. The average Bonchev–Trinajstić information content (AvgIpc) is 2.08. The van der Waals surface area contributed by atoms with E-state index in [1.165, 1.54) is 0 Å². The van der Waals surface area contributed by atoms with Gasteiger partial charge < -0.3 is 10.4 Å². The largest absolute Gasteiger partial charge is 0.389 e. The smallest absolute Gasteiger partial charge is 0.223 e. The van der Waals surface area contributed by atoms with E-state index in [0.29, 0.717) is 12.5 Å². The maximum absolute atomic E-state index is 11.8. The van der Waals surface area contributed by atoms with Crippen LogP contribution >= 0.6 is 0 Å². The molecule has 3 nitrogen and oxygen atoms in total. The molecule has 2 N–H and O–H groups in total. The Kier molecular flexibility index (Phi) is 5.88. The second-order valence-corrected chi connectivity index (χ2v) is 5.17. The maximum atomic E-state index is 11.8. The molecule has 0 aliphatic rings. The second kappa shape index (κ2) is 6.11. The van der Waals surface area contributed by atoms with E-state index in [-0.39, 0.29) is 11.8 Å². The zero-order valence-electron chi connectivity index (χ0n) is 10.6. The van der Waals surface area contributed by atoms with E-state index >= 15 is 0 Å². The van der Waals surface area contributed by atoms with Gasteiger partial charge in [-0.2, -0.15) is 0 Å². The van der Waals surface area contributed by atoms with Crippen molar-refractivity contribution in [3.63, 3.8) is 0 Å². The fraction of sp³-hybridized carbons (Fsp3) is 0.917. The van der Waals surface area contributed by atoms with Gasteiger partial charge in [-0.05, 0) is 26.2 Å². The zero-order valence-corrected chi connectivity index (χ0v) is 10.6. The highest BCUT2D eigenvalue weighted by atomic mass is 16.3. The maximum Gasteiger partial charge on any atom is 0.223 e. The molecule has 0 bridgehead atoms. The SMILES string of the molecule is CCC[C@@H](C(=O)NCC(C)(C)O)C(C)C. The van der Waals surface area contributed by atoms with E-state index in [2.05, 4.69) is 26.1 Å². The van der Waals surface area contributed by atoms with Gasteiger partial charge in [0.1, 0.15) is 0 Å². The highest BCUT2D eigenvalue weighted by molar-refractivity contribution is 5.78. The minimum absolute atomic E-state index is 0.0639. The van der Waals surface area contributed by atoms with Crippen LogP contribution < -0.4 is 5.32 Å². The van der Waals surface area contributed by atoms with E-state index in [1.807, 2.05) is 0 Å². The summed E-state index contributed by atoms with van der Waals surface area (Å²) in [5.74, 6) is 0.484. The number of nitrogens with one attached hydrogen (secondary N) is 1. The molecule has 0 saturated carbocycles. The molecule has 0 heterocycles. The highest BCUT2D eigenvalue weighted by Gasteiger charge is 2.22. The molecule has 0 rings (SSSR count). The number of hydrogen-bond acceptors (Lipinski definition) is 2. The summed E-state index contributed by atoms with van der Waals surface area (Å²) in [5, 5.41) is 12.3. The van der Waals surface area contributed by atoms with Crippen molar-refractivity contribution >= 4 is 5.91 Å². The molecule has 15 heavy (non-hydrogen) atoms. The van der Waals surface area contributed by atoms with E-state index in [4.69, 9.17) is 0 Å². The van der Waals surface area contributed by atoms with Crippen LogP contribution in [0.15, 0.2) is 0 Å². The minimum Gasteiger partial charge on any atom is -0.389 e. The first kappa shape index (κ1) is 14.4. The first-order valence-electron chi connectivity index (χ1n) is 5.78. The van der Waals surface area contributed by atoms with Gasteiger partial charge in [0, 0.05) is 12.5 Å². The fourth-order valence-electron chi connectivity index (χ4n) is 1.51. The van der Waals surface area contributed by atoms with E-state index in [0.717, 1.165) is 12.8 Å². The molecule has 0 unspecified atom stereocenters. The Bertz CT molecular complexity index is 194. The minimum atomic E-state index is -0.830. The molecule has 0 fully saturated rings. The van der Waals surface area contributed by atoms with Crippen LogP contribution in [0, 0.1) is 11.8 Å². The molecule has 1 atom stereocenters. The predicted octanol–water partition coefficient (Wildman–Crippen LogP) is 1.95. The summed E-state index contributed by atoms with van der Waals surface area (Å²) in [6.07, 6.45) is 1.92. The molecule has 0 aliphatic carbocycles. The van der Waals surface area contributed by atoms with Crippen LogP contribution in [0.2, 0.25) is 0 Å². The summed E-state index contributed by atoms with van der Waals surface area (Å²) >= 11 is 0. The van der Waals surface area contributed by atoms with Gasteiger partial charge in [0.05, 0.1) is 5.60 Å². The van der Waals surface area contributed by atoms with Crippen LogP contribution in [0.4, 0.5) is 0 Å². The third kappa shape index (κ3) is 6.50. The second-order valence-electron chi connectivity index (χ2n) is 5.17. The molecule has 0 aliphatic heterocycles. The molecular weight excluding hydrogens is 190 g/mol. The van der Waals surface area contributed by atoms with Crippen LogP contribution in [0.1, 0.15) is 47.5 Å². The van der Waals surface area contributed by atoms with Crippen molar-refractivity contribution in [1.29, 1.82) is 0 Å². The molecule has 0 aromatic rings. The molecule has 0 aromatic heterocycles. The van der Waals surface area contributed by atoms with Gasteiger partial charge in [-0.15, -0.1) is 0 Å². The Balaban J connectivity index is 4.15. The molecular formula is C12H25NO2. The van der Waals surface area contributed by atoms with Crippen LogP contribution in [-0.2, 0) is 4.79 Å². The van der Waals surface area contributed by atoms with Crippen LogP contribution in [0.25, 0.3) is 0 Å². The molecule has 0 aromatic carbocycles. The lowest BCUT2D eigenvalue weighted by molar-refractivity contribution is -0.127. The molecule has 0 spiro atoms. The van der Waals surface area contributed by atoms with Crippen molar-refractivity contribution < 1.29 is 9.90 Å². The number of carbonyl (C=O) groups is 1. The standard InChI is InChI=1S/C12H25NO2/c1-6-7-10(9(2)3)11(14)13-8-12(4,5)15/h9-10,15H,6-8H2,1-5H3,(H,13,14)/t10-/m1/s1. The summed E-state index contributed by atoms with van der Waals surface area (Å²) < 4.78 is 0. The van der Waals surface area contributed by atoms with Gasteiger partial charge in [0.2, 0.25) is 5.91 Å². The van der Waals surface area contributed by atoms with Crippen molar-refractivity contribution in [2.24, 2.45) is 11.8 Å². The van der Waals surface area contributed by atoms with Gasteiger partial charge in [0.15, 0.2) is 0 Å². The Morgan fingerprint density at radius 2 is 1.93 bits per heavy atom. The number of aliphatic hydroxyl groups is 1. The first-order chi connectivity index (χ1) is 6.78. The van der Waals surface area contributed by atoms with Gasteiger partial charge >= 0.3 is 0 Å². The molecule has 90 valence electrons. The Labute approximate surface area is 93.3 Å². The lowest BCUT2D eigenvalue weighted by atomic mass is 9.90. The lowest BCUT2D eigenvalue weighted by Gasteiger charge is -2.23. The first-order valence-corrected chi connectivity index (χ1v) is 5.78. The number of hydrogen-bond donors (Lipinski definition) is 2. The third-order valence-electron chi connectivity index (χ3n) is 2.44. The van der Waals surface area contributed by atoms with Gasteiger partial charge in [-0.1, -0.05) is 27.2 Å². The molecule has 0 radical (unpaired) electrons. The van der Waals surface area contributed by atoms with Gasteiger partial charge in [-0.3, -0.25) is 4.79 Å². The third-order valence-corrected chi connectivity index (χ3v) is 2.44. The summed E-state index contributed by atoms with van der Waals surface area (Å²) in [6.45, 7) is 9.90. The van der Waals surface area contributed by atoms with Crippen molar-refractivity contribution in [2.75, 3.05) is 6.54 Å². The molecule has 0 saturated heterocycles. The van der Waals surface area contributed by atoms with Crippen molar-refractivity contribution in [3.05, 3.63) is 0 Å². The lowest BCUT2D eigenvalue weighted by Crippen LogP contribution is -2.42. The summed E-state index contributed by atoms with van der Waals surface area (Å²) in [5.41, 5.74) is -0.830. The summed E-state index contributed by atoms with van der Waals surface area (Å²) in [7, 11) is 0. The van der Waals surface area contributed by atoms with E-state index in [9.17, 15) is 9.90 Å². The zero-order chi connectivity index (χ0) is 12.1. The number of carbonyl (C=O) groups excluding carboxylic acids is 1. The normalized spacial score (nSPS) is 14.1. The highest BCUT2D eigenvalue weighted by Crippen LogP contribution is 2.17. The summed E-state index contributed by atoms with van der Waals surface area (Å²) in [6, 6.07) is 0. The topological polar surface area (TPSA) is 49.3 Å². The van der Waals surface area contributed by atoms with Crippen LogP contribution in [0.5, 0.6) is 0 Å². The number of rotatable bonds is 6. The van der Waals surface area contributed by atoms with E-state index < -0.39 is 5.60 Å². The van der Waals surface area contributed by atoms with E-state index in [1.54, 1.807) is 13.8 Å². The Morgan fingerprint density at radius 3 is 2.27 bits per heavy atom. The predicted molar refractivity (Wildman–Crippen MR) is 62.5 cm³/mol.